The molecule has 0 heterocycles. The van der Waals surface area contributed by atoms with Crippen molar-refractivity contribution in [1.29, 1.82) is 0 Å². The molecule has 2 atom stereocenters. The molecular formula is C25H49NO4. The highest BCUT2D eigenvalue weighted by Gasteiger charge is 2.22. The van der Waals surface area contributed by atoms with E-state index >= 15 is 0 Å². The minimum atomic E-state index is -1.17. The number of carboxylic acids is 1. The molecule has 178 valence electrons. The lowest BCUT2D eigenvalue weighted by Gasteiger charge is -2.29. The van der Waals surface area contributed by atoms with Crippen molar-refractivity contribution in [2.75, 3.05) is 27.7 Å². The maximum Gasteiger partial charge on any atom is 0.306 e. The molecule has 0 bridgehead atoms. The van der Waals surface area contributed by atoms with Gasteiger partial charge in [0.2, 0.25) is 0 Å². The summed E-state index contributed by atoms with van der Waals surface area (Å²) in [7, 11) is 5.85. The van der Waals surface area contributed by atoms with E-state index in [2.05, 4.69) is 13.8 Å². The number of likely N-dealkylation sites (N-methyl/N-ethyl adjacent to an activating group) is 1. The number of carbonyl (C=O) groups excluding carboxylic acids is 2. The molecule has 0 saturated heterocycles. The first-order valence-electron chi connectivity index (χ1n) is 12.3. The Morgan fingerprint density at radius 2 is 1.33 bits per heavy atom. The minimum absolute atomic E-state index is 0.238. The number of nitrogens with zero attached hydrogens (tertiary/aromatic N) is 1. The van der Waals surface area contributed by atoms with E-state index in [9.17, 15) is 14.7 Å². The molecule has 0 aliphatic heterocycles. The van der Waals surface area contributed by atoms with Gasteiger partial charge in [0.05, 0.1) is 21.1 Å². The summed E-state index contributed by atoms with van der Waals surface area (Å²) < 4.78 is 5.93. The van der Waals surface area contributed by atoms with E-state index in [-0.39, 0.29) is 12.4 Å². The summed E-state index contributed by atoms with van der Waals surface area (Å²) in [6, 6.07) is 0. The lowest BCUT2D eigenvalue weighted by atomic mass is 9.96. The highest BCUT2D eigenvalue weighted by atomic mass is 16.5. The van der Waals surface area contributed by atoms with Crippen LogP contribution in [0, 0.1) is 5.92 Å². The Morgan fingerprint density at radius 3 is 1.83 bits per heavy atom. The Bertz CT molecular complexity index is 445. The fraction of sp³-hybridized carbons (Fsp3) is 0.920. The van der Waals surface area contributed by atoms with E-state index in [0.29, 0.717) is 17.4 Å². The summed E-state index contributed by atoms with van der Waals surface area (Å²) >= 11 is 0. The second kappa shape index (κ2) is 17.6. The Hall–Kier alpha value is -1.10. The summed E-state index contributed by atoms with van der Waals surface area (Å²) in [4.78, 5) is 22.9. The van der Waals surface area contributed by atoms with Gasteiger partial charge in [-0.2, -0.15) is 0 Å². The molecule has 0 spiro atoms. The SMILES string of the molecule is CCCCCCCCC(C)CCCCCCCC(=O)OC(CC(=O)[O-])C[N+](C)(C)C. The quantitative estimate of drug-likeness (QED) is 0.158. The van der Waals surface area contributed by atoms with Gasteiger partial charge in [-0.05, 0) is 12.3 Å². The van der Waals surface area contributed by atoms with Crippen LogP contribution in [0.3, 0.4) is 0 Å². The molecule has 2 unspecified atom stereocenters. The van der Waals surface area contributed by atoms with Gasteiger partial charge in [0.1, 0.15) is 6.54 Å². The van der Waals surface area contributed by atoms with Gasteiger partial charge in [-0.15, -0.1) is 0 Å². The fourth-order valence-corrected chi connectivity index (χ4v) is 3.90. The summed E-state index contributed by atoms with van der Waals surface area (Å²) in [6.45, 7) is 5.11. The van der Waals surface area contributed by atoms with E-state index < -0.39 is 12.1 Å². The monoisotopic (exact) mass is 427 g/mol. The number of quaternary nitrogens is 1. The van der Waals surface area contributed by atoms with E-state index in [4.69, 9.17) is 4.74 Å². The van der Waals surface area contributed by atoms with Gasteiger partial charge in [-0.25, -0.2) is 0 Å². The number of ether oxygens (including phenoxy) is 1. The zero-order valence-corrected chi connectivity index (χ0v) is 20.5. The van der Waals surface area contributed by atoms with Crippen molar-refractivity contribution in [3.63, 3.8) is 0 Å². The number of unbranched alkanes of at least 4 members (excludes halogenated alkanes) is 9. The van der Waals surface area contributed by atoms with Gasteiger partial charge >= 0.3 is 5.97 Å². The number of esters is 1. The molecule has 0 saturated carbocycles. The number of carbonyl (C=O) groups is 2. The normalized spacial score (nSPS) is 13.8. The molecule has 0 aromatic carbocycles. The molecule has 5 nitrogen and oxygen atoms in total. The molecule has 0 aliphatic carbocycles. The molecule has 0 radical (unpaired) electrons. The molecule has 0 aromatic rings. The molecule has 5 heteroatoms. The third-order valence-corrected chi connectivity index (χ3v) is 5.57. The second-order valence-corrected chi connectivity index (χ2v) is 10.1. The van der Waals surface area contributed by atoms with Gasteiger partial charge in [0.15, 0.2) is 6.10 Å². The third kappa shape index (κ3) is 20.2. The number of hydrogen-bond donors (Lipinski definition) is 0. The molecular weight excluding hydrogens is 378 g/mol. The van der Waals surface area contributed by atoms with Crippen molar-refractivity contribution in [3.8, 4) is 0 Å². The van der Waals surface area contributed by atoms with Crippen LogP contribution in [0.1, 0.15) is 110 Å². The number of hydrogen-bond acceptors (Lipinski definition) is 4. The third-order valence-electron chi connectivity index (χ3n) is 5.57. The molecule has 30 heavy (non-hydrogen) atoms. The van der Waals surface area contributed by atoms with E-state index in [1.807, 2.05) is 21.1 Å². The Balaban J connectivity index is 3.72. The average Bonchev–Trinajstić information content (AvgIpc) is 2.61. The van der Waals surface area contributed by atoms with Gasteiger partial charge in [-0.1, -0.05) is 90.9 Å². The highest BCUT2D eigenvalue weighted by molar-refractivity contribution is 5.70. The standard InChI is InChI=1S/C25H49NO4/c1-6-7-8-9-11-14-17-22(2)18-15-12-10-13-16-19-25(29)30-23(20-24(27)28)21-26(3,4)5/h22-23H,6-21H2,1-5H3. The number of rotatable bonds is 20. The van der Waals surface area contributed by atoms with Crippen LogP contribution in [0.25, 0.3) is 0 Å². The molecule has 0 fully saturated rings. The highest BCUT2D eigenvalue weighted by Crippen LogP contribution is 2.18. The van der Waals surface area contributed by atoms with Crippen molar-refractivity contribution >= 4 is 11.9 Å². The summed E-state index contributed by atoms with van der Waals surface area (Å²) in [5, 5.41) is 10.9. The van der Waals surface area contributed by atoms with Crippen molar-refractivity contribution in [1.82, 2.24) is 0 Å². The van der Waals surface area contributed by atoms with E-state index in [1.165, 1.54) is 64.2 Å². The van der Waals surface area contributed by atoms with Crippen molar-refractivity contribution in [2.45, 2.75) is 116 Å². The van der Waals surface area contributed by atoms with Crippen LogP contribution < -0.4 is 5.11 Å². The summed E-state index contributed by atoms with van der Waals surface area (Å²) in [5.41, 5.74) is 0. The van der Waals surface area contributed by atoms with Crippen LogP contribution in [0.2, 0.25) is 0 Å². The van der Waals surface area contributed by atoms with Crippen LogP contribution in [0.5, 0.6) is 0 Å². The van der Waals surface area contributed by atoms with E-state index in [0.717, 1.165) is 25.2 Å². The van der Waals surface area contributed by atoms with Crippen LogP contribution in [0.15, 0.2) is 0 Å². The second-order valence-electron chi connectivity index (χ2n) is 10.1. The molecule has 0 N–H and O–H groups in total. The predicted octanol–water partition coefficient (Wildman–Crippen LogP) is 4.86. The van der Waals surface area contributed by atoms with Crippen molar-refractivity contribution < 1.29 is 23.9 Å². The lowest BCUT2D eigenvalue weighted by Crippen LogP contribution is -2.45. The fourth-order valence-electron chi connectivity index (χ4n) is 3.90. The maximum absolute atomic E-state index is 12.0. The van der Waals surface area contributed by atoms with Gasteiger partial charge in [0.25, 0.3) is 0 Å². The molecule has 0 rings (SSSR count). The Kier molecular flexibility index (Phi) is 16.9. The van der Waals surface area contributed by atoms with Crippen LogP contribution in [-0.4, -0.2) is 50.2 Å². The molecule has 0 aliphatic rings. The first-order chi connectivity index (χ1) is 14.1. The molecule has 0 amide bonds. The maximum atomic E-state index is 12.0. The van der Waals surface area contributed by atoms with E-state index in [1.54, 1.807) is 0 Å². The first-order valence-corrected chi connectivity index (χ1v) is 12.3. The Labute approximate surface area is 186 Å². The van der Waals surface area contributed by atoms with Crippen LogP contribution >= 0.6 is 0 Å². The zero-order chi connectivity index (χ0) is 22.8. The first kappa shape index (κ1) is 28.9. The van der Waals surface area contributed by atoms with Gasteiger partial charge in [-0.3, -0.25) is 4.79 Å². The molecule has 0 aromatic heterocycles. The Morgan fingerprint density at radius 1 is 0.833 bits per heavy atom. The number of carboxylic acid groups (broad SMARTS) is 1. The van der Waals surface area contributed by atoms with Crippen LogP contribution in [0.4, 0.5) is 0 Å². The summed E-state index contributed by atoms with van der Waals surface area (Å²) in [5.74, 6) is -0.637. The largest absolute Gasteiger partial charge is 0.550 e. The smallest absolute Gasteiger partial charge is 0.306 e. The van der Waals surface area contributed by atoms with Crippen LogP contribution in [-0.2, 0) is 14.3 Å². The average molecular weight is 428 g/mol. The van der Waals surface area contributed by atoms with Gasteiger partial charge < -0.3 is 19.1 Å². The van der Waals surface area contributed by atoms with Crippen molar-refractivity contribution in [2.24, 2.45) is 5.92 Å². The van der Waals surface area contributed by atoms with Crippen molar-refractivity contribution in [3.05, 3.63) is 0 Å². The van der Waals surface area contributed by atoms with Gasteiger partial charge in [0, 0.05) is 18.8 Å². The topological polar surface area (TPSA) is 66.4 Å². The summed E-state index contributed by atoms with van der Waals surface area (Å²) in [6.07, 6.45) is 15.9. The zero-order valence-electron chi connectivity index (χ0n) is 20.5. The predicted molar refractivity (Wildman–Crippen MR) is 122 cm³/mol. The lowest BCUT2D eigenvalue weighted by molar-refractivity contribution is -0.873. The number of aliphatic carboxylic acids is 1. The minimum Gasteiger partial charge on any atom is -0.550 e.